The molecular formula is C24H29F2N3O4S. The SMILES string of the molecule is O=C1NCC[C@H]1C[C@H](NC(=O)[C@@H]1[C@H]2CCC[C@H]2CN1C(=O)CCc1cc(F)cc(F)c1)C(=O)S. The van der Waals surface area contributed by atoms with Gasteiger partial charge in [-0.1, -0.05) is 6.42 Å². The van der Waals surface area contributed by atoms with Gasteiger partial charge in [0.15, 0.2) is 0 Å². The molecule has 0 spiro atoms. The van der Waals surface area contributed by atoms with E-state index in [0.29, 0.717) is 25.1 Å². The first kappa shape index (κ1) is 24.6. The Morgan fingerprint density at radius 1 is 1.15 bits per heavy atom. The zero-order valence-corrected chi connectivity index (χ0v) is 19.7. The number of aryl methyl sites for hydroxylation is 1. The molecule has 2 saturated heterocycles. The van der Waals surface area contributed by atoms with Crippen molar-refractivity contribution < 1.29 is 28.0 Å². The summed E-state index contributed by atoms with van der Waals surface area (Å²) in [4.78, 5) is 52.1. The van der Waals surface area contributed by atoms with Gasteiger partial charge in [-0.05, 0) is 61.6 Å². The third-order valence-electron chi connectivity index (χ3n) is 7.33. The summed E-state index contributed by atoms with van der Waals surface area (Å²) in [5, 5.41) is 4.95. The fourth-order valence-corrected chi connectivity index (χ4v) is 5.85. The summed E-state index contributed by atoms with van der Waals surface area (Å²) >= 11 is 3.91. The lowest BCUT2D eigenvalue weighted by molar-refractivity contribution is -0.140. The monoisotopic (exact) mass is 493 g/mol. The van der Waals surface area contributed by atoms with Crippen LogP contribution in [0.3, 0.4) is 0 Å². The van der Waals surface area contributed by atoms with Crippen LogP contribution in [0.4, 0.5) is 8.78 Å². The number of fused-ring (bicyclic) bond motifs is 1. The number of likely N-dealkylation sites (tertiary alicyclic amines) is 1. The predicted molar refractivity (Wildman–Crippen MR) is 123 cm³/mol. The Kier molecular flexibility index (Phi) is 7.54. The van der Waals surface area contributed by atoms with Crippen molar-refractivity contribution in [2.24, 2.45) is 17.8 Å². The van der Waals surface area contributed by atoms with Crippen LogP contribution in [0, 0.1) is 29.4 Å². The molecule has 5 atom stereocenters. The van der Waals surface area contributed by atoms with Gasteiger partial charge in [-0.2, -0.15) is 0 Å². The highest BCUT2D eigenvalue weighted by Gasteiger charge is 2.49. The normalized spacial score (nSPS) is 26.8. The summed E-state index contributed by atoms with van der Waals surface area (Å²) in [6, 6.07) is 1.54. The van der Waals surface area contributed by atoms with Gasteiger partial charge in [-0.15, -0.1) is 12.6 Å². The standard InChI is InChI=1S/C24H29F2N3O4S/c25-16-8-13(9-17(26)11-16)4-5-20(30)29-12-15-2-1-3-18(15)21(29)23(32)28-19(24(33)34)10-14-6-7-27-22(14)31/h8-9,11,14-15,18-19,21H,1-7,10,12H2,(H,27,31)(H,28,32)(H,33,34)/t14-,15-,18-,19-,21-/m0/s1. The highest BCUT2D eigenvalue weighted by Crippen LogP contribution is 2.42. The summed E-state index contributed by atoms with van der Waals surface area (Å²) in [6.45, 7) is 0.985. The van der Waals surface area contributed by atoms with Crippen LogP contribution in [0.1, 0.15) is 44.1 Å². The van der Waals surface area contributed by atoms with E-state index in [-0.39, 0.29) is 48.8 Å². The summed E-state index contributed by atoms with van der Waals surface area (Å²) in [5.41, 5.74) is 0.377. The van der Waals surface area contributed by atoms with Gasteiger partial charge >= 0.3 is 0 Å². The molecule has 2 aliphatic heterocycles. The van der Waals surface area contributed by atoms with Gasteiger partial charge in [0.1, 0.15) is 17.7 Å². The third kappa shape index (κ3) is 5.42. The smallest absolute Gasteiger partial charge is 0.243 e. The molecule has 3 fully saturated rings. The van der Waals surface area contributed by atoms with Crippen LogP contribution in [0.5, 0.6) is 0 Å². The molecule has 184 valence electrons. The highest BCUT2D eigenvalue weighted by atomic mass is 32.1. The van der Waals surface area contributed by atoms with Crippen LogP contribution >= 0.6 is 12.6 Å². The number of benzene rings is 1. The van der Waals surface area contributed by atoms with Crippen LogP contribution < -0.4 is 10.6 Å². The molecule has 10 heteroatoms. The number of rotatable bonds is 8. The lowest BCUT2D eigenvalue weighted by Crippen LogP contribution is -2.52. The maximum atomic E-state index is 13.5. The molecule has 7 nitrogen and oxygen atoms in total. The summed E-state index contributed by atoms with van der Waals surface area (Å²) < 4.78 is 27.0. The second-order valence-corrected chi connectivity index (χ2v) is 9.98. The van der Waals surface area contributed by atoms with E-state index in [9.17, 15) is 28.0 Å². The summed E-state index contributed by atoms with van der Waals surface area (Å²) in [7, 11) is 0. The lowest BCUT2D eigenvalue weighted by atomic mass is 9.92. The molecule has 1 aromatic carbocycles. The highest BCUT2D eigenvalue weighted by molar-refractivity contribution is 7.96. The van der Waals surface area contributed by atoms with Crippen LogP contribution in [-0.4, -0.2) is 52.9 Å². The van der Waals surface area contributed by atoms with Gasteiger partial charge in [0.2, 0.25) is 22.8 Å². The van der Waals surface area contributed by atoms with Crippen molar-refractivity contribution in [2.75, 3.05) is 13.1 Å². The van der Waals surface area contributed by atoms with E-state index in [1.54, 1.807) is 4.90 Å². The number of thiol groups is 1. The Hall–Kier alpha value is -2.49. The number of hydrogen-bond acceptors (Lipinski definition) is 4. The molecule has 2 N–H and O–H groups in total. The number of nitrogens with zero attached hydrogens (tertiary/aromatic N) is 1. The quantitative estimate of drug-likeness (QED) is 0.483. The van der Waals surface area contributed by atoms with E-state index in [1.165, 1.54) is 12.1 Å². The molecule has 3 aliphatic rings. The average molecular weight is 494 g/mol. The van der Waals surface area contributed by atoms with Crippen molar-refractivity contribution in [3.05, 3.63) is 35.4 Å². The van der Waals surface area contributed by atoms with E-state index in [2.05, 4.69) is 23.3 Å². The molecule has 34 heavy (non-hydrogen) atoms. The zero-order chi connectivity index (χ0) is 24.4. The fraction of sp³-hybridized carbons (Fsp3) is 0.583. The van der Waals surface area contributed by atoms with E-state index >= 15 is 0 Å². The van der Waals surface area contributed by atoms with Crippen LogP contribution in [-0.2, 0) is 25.6 Å². The fourth-order valence-electron chi connectivity index (χ4n) is 5.68. The number of hydrogen-bond donors (Lipinski definition) is 3. The van der Waals surface area contributed by atoms with Gasteiger partial charge in [0.25, 0.3) is 0 Å². The Morgan fingerprint density at radius 3 is 2.53 bits per heavy atom. The average Bonchev–Trinajstić information content (AvgIpc) is 3.47. The number of amides is 3. The molecule has 3 amide bonds. The van der Waals surface area contributed by atoms with Gasteiger partial charge in [-0.3, -0.25) is 19.2 Å². The number of carbonyl (C=O) groups excluding carboxylic acids is 4. The Labute approximate surface area is 202 Å². The minimum absolute atomic E-state index is 0.000938. The molecule has 0 aromatic heterocycles. The summed E-state index contributed by atoms with van der Waals surface area (Å²) in [5.74, 6) is -2.38. The maximum Gasteiger partial charge on any atom is 0.243 e. The van der Waals surface area contributed by atoms with Gasteiger partial charge < -0.3 is 15.5 Å². The molecule has 1 saturated carbocycles. The first-order valence-corrected chi connectivity index (χ1v) is 12.2. The third-order valence-corrected chi connectivity index (χ3v) is 7.64. The van der Waals surface area contributed by atoms with Gasteiger partial charge in [0.05, 0.1) is 6.04 Å². The molecule has 0 bridgehead atoms. The second kappa shape index (κ2) is 10.4. The molecular weight excluding hydrogens is 464 g/mol. The minimum atomic E-state index is -0.919. The Morgan fingerprint density at radius 2 is 1.88 bits per heavy atom. The number of carbonyl (C=O) groups is 4. The van der Waals surface area contributed by atoms with Crippen molar-refractivity contribution in [3.63, 3.8) is 0 Å². The van der Waals surface area contributed by atoms with Crippen molar-refractivity contribution >= 4 is 35.5 Å². The minimum Gasteiger partial charge on any atom is -0.356 e. The van der Waals surface area contributed by atoms with Crippen LogP contribution in [0.25, 0.3) is 0 Å². The van der Waals surface area contributed by atoms with E-state index in [4.69, 9.17) is 0 Å². The molecule has 4 rings (SSSR count). The predicted octanol–water partition coefficient (Wildman–Crippen LogP) is 1.99. The van der Waals surface area contributed by atoms with E-state index < -0.39 is 34.7 Å². The zero-order valence-electron chi connectivity index (χ0n) is 18.8. The first-order valence-electron chi connectivity index (χ1n) is 11.8. The van der Waals surface area contributed by atoms with Crippen molar-refractivity contribution in [1.82, 2.24) is 15.5 Å². The van der Waals surface area contributed by atoms with Crippen LogP contribution in [0.2, 0.25) is 0 Å². The Balaban J connectivity index is 1.44. The lowest BCUT2D eigenvalue weighted by Gasteiger charge is -2.29. The number of nitrogens with one attached hydrogen (secondary N) is 2. The van der Waals surface area contributed by atoms with Crippen LogP contribution in [0.15, 0.2) is 18.2 Å². The molecule has 0 radical (unpaired) electrons. The first-order chi connectivity index (χ1) is 16.2. The van der Waals surface area contributed by atoms with E-state index in [0.717, 1.165) is 25.3 Å². The van der Waals surface area contributed by atoms with Crippen molar-refractivity contribution in [3.8, 4) is 0 Å². The van der Waals surface area contributed by atoms with Crippen molar-refractivity contribution in [2.45, 2.75) is 57.0 Å². The van der Waals surface area contributed by atoms with Gasteiger partial charge in [0, 0.05) is 31.5 Å². The molecule has 1 aromatic rings. The topological polar surface area (TPSA) is 95.6 Å². The largest absolute Gasteiger partial charge is 0.356 e. The van der Waals surface area contributed by atoms with Crippen molar-refractivity contribution in [1.29, 1.82) is 0 Å². The number of halogens is 2. The Bertz CT molecular complexity index is 971. The molecule has 2 heterocycles. The maximum absolute atomic E-state index is 13.5. The molecule has 1 aliphatic carbocycles. The molecule has 0 unspecified atom stereocenters. The summed E-state index contributed by atoms with van der Waals surface area (Å²) in [6.07, 6.45) is 3.63. The van der Waals surface area contributed by atoms with Gasteiger partial charge in [-0.25, -0.2) is 8.78 Å². The van der Waals surface area contributed by atoms with E-state index in [1.807, 2.05) is 0 Å². The second-order valence-electron chi connectivity index (χ2n) is 9.54.